The topological polar surface area (TPSA) is 46.6 Å². The number of ether oxygens (including phenoxy) is 1. The Bertz CT molecular complexity index is 861. The highest BCUT2D eigenvalue weighted by Crippen LogP contribution is 2.25. The first-order valence-corrected chi connectivity index (χ1v) is 9.91. The highest BCUT2D eigenvalue weighted by Gasteiger charge is 2.26. The van der Waals surface area contributed by atoms with Crippen LogP contribution in [0.4, 0.5) is 8.78 Å². The summed E-state index contributed by atoms with van der Waals surface area (Å²) in [5.41, 5.74) is 0.839. The van der Waals surface area contributed by atoms with Gasteiger partial charge >= 0.3 is 0 Å². The van der Waals surface area contributed by atoms with E-state index in [2.05, 4.69) is 0 Å². The van der Waals surface area contributed by atoms with Crippen molar-refractivity contribution < 1.29 is 23.1 Å². The Morgan fingerprint density at radius 3 is 2.34 bits per heavy atom. The highest BCUT2D eigenvalue weighted by atomic mass is 19.1. The molecule has 2 aromatic carbocycles. The second-order valence-corrected chi connectivity index (χ2v) is 7.43. The lowest BCUT2D eigenvalue weighted by Crippen LogP contribution is -2.43. The smallest absolute Gasteiger partial charge is 0.261 e. The van der Waals surface area contributed by atoms with Crippen molar-refractivity contribution in [3.63, 3.8) is 0 Å². The van der Waals surface area contributed by atoms with Gasteiger partial charge in [-0.05, 0) is 49.6 Å². The second kappa shape index (κ2) is 9.63. The zero-order valence-corrected chi connectivity index (χ0v) is 16.5. The Morgan fingerprint density at radius 1 is 1.03 bits per heavy atom. The van der Waals surface area contributed by atoms with Crippen LogP contribution in [-0.2, 0) is 11.3 Å². The Balaban J connectivity index is 1.69. The van der Waals surface area contributed by atoms with Crippen molar-refractivity contribution in [2.24, 2.45) is 0 Å². The predicted molar refractivity (Wildman–Crippen MR) is 106 cm³/mol. The number of rotatable bonds is 7. The van der Waals surface area contributed by atoms with E-state index in [4.69, 9.17) is 4.74 Å². The molecule has 6 heteroatoms. The van der Waals surface area contributed by atoms with E-state index >= 15 is 0 Å². The third-order valence-electron chi connectivity index (χ3n) is 5.28. The molecule has 154 valence electrons. The Morgan fingerprint density at radius 2 is 1.72 bits per heavy atom. The third kappa shape index (κ3) is 5.62. The van der Waals surface area contributed by atoms with Gasteiger partial charge in [0.1, 0.15) is 17.4 Å². The summed E-state index contributed by atoms with van der Waals surface area (Å²) < 4.78 is 32.7. The molecule has 3 rings (SSSR count). The third-order valence-corrected chi connectivity index (χ3v) is 5.28. The van der Waals surface area contributed by atoms with Crippen molar-refractivity contribution in [2.45, 2.75) is 51.6 Å². The van der Waals surface area contributed by atoms with Crippen molar-refractivity contribution in [1.29, 1.82) is 0 Å². The number of carbonyl (C=O) groups excluding carboxylic acids is 2. The van der Waals surface area contributed by atoms with Crippen LogP contribution < -0.4 is 4.74 Å². The second-order valence-electron chi connectivity index (χ2n) is 7.43. The van der Waals surface area contributed by atoms with Crippen LogP contribution >= 0.6 is 0 Å². The van der Waals surface area contributed by atoms with Crippen LogP contribution in [0.5, 0.6) is 5.75 Å². The van der Waals surface area contributed by atoms with E-state index in [-0.39, 0.29) is 41.5 Å². The van der Waals surface area contributed by atoms with E-state index < -0.39 is 5.82 Å². The minimum Gasteiger partial charge on any atom is -0.484 e. The van der Waals surface area contributed by atoms with E-state index in [0.29, 0.717) is 6.54 Å². The van der Waals surface area contributed by atoms with Gasteiger partial charge in [0.2, 0.25) is 0 Å². The minimum absolute atomic E-state index is 0.0104. The zero-order valence-electron chi connectivity index (χ0n) is 16.5. The SMILES string of the molecule is CC(=O)c1ccc(OCC(=O)N(Cc2ccc(F)cc2)C2CCCCC2)cc1F. The maximum atomic E-state index is 14.0. The molecule has 0 heterocycles. The summed E-state index contributed by atoms with van der Waals surface area (Å²) in [5, 5.41) is 0. The van der Waals surface area contributed by atoms with Crippen molar-refractivity contribution in [1.82, 2.24) is 4.90 Å². The number of benzene rings is 2. The molecule has 0 unspecified atom stereocenters. The predicted octanol–water partition coefficient (Wildman–Crippen LogP) is 4.91. The molecule has 0 atom stereocenters. The lowest BCUT2D eigenvalue weighted by atomic mass is 9.93. The van der Waals surface area contributed by atoms with E-state index in [1.54, 1.807) is 17.0 Å². The van der Waals surface area contributed by atoms with E-state index in [1.165, 1.54) is 31.2 Å². The summed E-state index contributed by atoms with van der Waals surface area (Å²) in [6.07, 6.45) is 5.14. The van der Waals surface area contributed by atoms with E-state index in [1.807, 2.05) is 0 Å². The molecular weight excluding hydrogens is 376 g/mol. The van der Waals surface area contributed by atoms with Crippen molar-refractivity contribution in [2.75, 3.05) is 6.61 Å². The van der Waals surface area contributed by atoms with Gasteiger partial charge in [-0.3, -0.25) is 9.59 Å². The molecule has 0 aliphatic heterocycles. The molecule has 0 N–H and O–H groups in total. The average molecular weight is 401 g/mol. The summed E-state index contributed by atoms with van der Waals surface area (Å²) in [6, 6.07) is 10.2. The molecule has 4 nitrogen and oxygen atoms in total. The first-order chi connectivity index (χ1) is 13.9. The van der Waals surface area contributed by atoms with Crippen molar-refractivity contribution >= 4 is 11.7 Å². The van der Waals surface area contributed by atoms with Crippen molar-refractivity contribution in [3.05, 3.63) is 65.2 Å². The van der Waals surface area contributed by atoms with Gasteiger partial charge in [-0.15, -0.1) is 0 Å². The lowest BCUT2D eigenvalue weighted by molar-refractivity contribution is -0.137. The maximum absolute atomic E-state index is 14.0. The summed E-state index contributed by atoms with van der Waals surface area (Å²) in [4.78, 5) is 26.0. The number of ketones is 1. The Kier molecular flexibility index (Phi) is 6.96. The van der Waals surface area contributed by atoms with Crippen LogP contribution in [0.1, 0.15) is 54.9 Å². The molecule has 1 aliphatic carbocycles. The van der Waals surface area contributed by atoms with Gasteiger partial charge in [-0.2, -0.15) is 0 Å². The van der Waals surface area contributed by atoms with Gasteiger partial charge in [0.05, 0.1) is 5.56 Å². The number of carbonyl (C=O) groups is 2. The quantitative estimate of drug-likeness (QED) is 0.620. The van der Waals surface area contributed by atoms with Gasteiger partial charge < -0.3 is 9.64 Å². The first kappa shape index (κ1) is 21.0. The molecule has 0 radical (unpaired) electrons. The fourth-order valence-corrected chi connectivity index (χ4v) is 3.70. The number of hydrogen-bond donors (Lipinski definition) is 0. The molecule has 0 aromatic heterocycles. The van der Waals surface area contributed by atoms with Gasteiger partial charge in [0.25, 0.3) is 5.91 Å². The lowest BCUT2D eigenvalue weighted by Gasteiger charge is -2.34. The summed E-state index contributed by atoms with van der Waals surface area (Å²) in [5.74, 6) is -1.35. The van der Waals surface area contributed by atoms with Crippen LogP contribution in [0.3, 0.4) is 0 Å². The summed E-state index contributed by atoms with van der Waals surface area (Å²) >= 11 is 0. The number of Topliss-reactive ketones (excluding diaryl/α,β-unsaturated/α-hetero) is 1. The molecule has 1 aliphatic rings. The molecule has 1 fully saturated rings. The van der Waals surface area contributed by atoms with Gasteiger partial charge in [0.15, 0.2) is 12.4 Å². The molecule has 0 bridgehead atoms. The van der Waals surface area contributed by atoms with Gasteiger partial charge in [0, 0.05) is 18.7 Å². The molecule has 1 saturated carbocycles. The normalized spacial score (nSPS) is 14.4. The zero-order chi connectivity index (χ0) is 20.8. The van der Waals surface area contributed by atoms with Gasteiger partial charge in [-0.1, -0.05) is 31.4 Å². The van der Waals surface area contributed by atoms with Crippen LogP contribution in [0.15, 0.2) is 42.5 Å². The van der Waals surface area contributed by atoms with E-state index in [9.17, 15) is 18.4 Å². The summed E-state index contributed by atoms with van der Waals surface area (Å²) in [6.45, 7) is 1.45. The standard InChI is InChI=1S/C23H25F2NO3/c1-16(27)21-12-11-20(13-22(21)25)29-15-23(28)26(19-5-3-2-4-6-19)14-17-7-9-18(24)10-8-17/h7-13,19H,2-6,14-15H2,1H3. The molecule has 1 amide bonds. The molecule has 0 saturated heterocycles. The highest BCUT2D eigenvalue weighted by molar-refractivity contribution is 5.94. The molecule has 29 heavy (non-hydrogen) atoms. The molecular formula is C23H25F2NO3. The van der Waals surface area contributed by atoms with Crippen LogP contribution in [0.2, 0.25) is 0 Å². The first-order valence-electron chi connectivity index (χ1n) is 9.91. The fraction of sp³-hybridized carbons (Fsp3) is 0.391. The minimum atomic E-state index is -0.669. The van der Waals surface area contributed by atoms with Crippen molar-refractivity contribution in [3.8, 4) is 5.75 Å². The summed E-state index contributed by atoms with van der Waals surface area (Å²) in [7, 11) is 0. The number of halogens is 2. The Labute approximate surface area is 169 Å². The fourth-order valence-electron chi connectivity index (χ4n) is 3.70. The largest absolute Gasteiger partial charge is 0.484 e. The van der Waals surface area contributed by atoms with E-state index in [0.717, 1.165) is 43.7 Å². The van der Waals surface area contributed by atoms with Crippen LogP contribution in [0.25, 0.3) is 0 Å². The average Bonchev–Trinajstić information content (AvgIpc) is 2.72. The monoisotopic (exact) mass is 401 g/mol. The van der Waals surface area contributed by atoms with Crippen LogP contribution in [-0.4, -0.2) is 29.2 Å². The Hall–Kier alpha value is -2.76. The van der Waals surface area contributed by atoms with Crippen LogP contribution in [0, 0.1) is 11.6 Å². The molecule has 2 aromatic rings. The number of nitrogens with zero attached hydrogens (tertiary/aromatic N) is 1. The molecule has 0 spiro atoms. The maximum Gasteiger partial charge on any atom is 0.261 e. The van der Waals surface area contributed by atoms with Gasteiger partial charge in [-0.25, -0.2) is 8.78 Å². The number of hydrogen-bond acceptors (Lipinski definition) is 3. The number of amides is 1.